The van der Waals surface area contributed by atoms with Gasteiger partial charge in [0.05, 0.1) is 16.8 Å². The van der Waals surface area contributed by atoms with Gasteiger partial charge in [-0.1, -0.05) is 17.4 Å². The monoisotopic (exact) mass is 309 g/mol. The Balaban J connectivity index is 1.58. The van der Waals surface area contributed by atoms with Gasteiger partial charge in [0, 0.05) is 32.8 Å². The molecule has 0 bridgehead atoms. The van der Waals surface area contributed by atoms with Crippen LogP contribution in [0.1, 0.15) is 12.8 Å². The van der Waals surface area contributed by atoms with Crippen molar-refractivity contribution in [1.82, 2.24) is 9.88 Å². The Hall–Kier alpha value is -1.24. The Labute approximate surface area is 127 Å². The van der Waals surface area contributed by atoms with Gasteiger partial charge in [-0.15, -0.1) is 0 Å². The fourth-order valence-electron chi connectivity index (χ4n) is 2.67. The van der Waals surface area contributed by atoms with Crippen molar-refractivity contribution < 1.29 is 9.13 Å². The van der Waals surface area contributed by atoms with E-state index in [1.54, 1.807) is 13.2 Å². The molecule has 1 fully saturated rings. The number of piperidine rings is 1. The second kappa shape index (κ2) is 6.68. The van der Waals surface area contributed by atoms with E-state index in [0.29, 0.717) is 10.7 Å². The number of hydrogen-bond acceptors (Lipinski definition) is 5. The zero-order chi connectivity index (χ0) is 14.7. The van der Waals surface area contributed by atoms with Gasteiger partial charge in [0.15, 0.2) is 5.13 Å². The van der Waals surface area contributed by atoms with Gasteiger partial charge in [0.2, 0.25) is 0 Å². The second-order valence-corrected chi connectivity index (χ2v) is 6.36. The van der Waals surface area contributed by atoms with Crippen LogP contribution in [0.2, 0.25) is 0 Å². The highest BCUT2D eigenvalue weighted by molar-refractivity contribution is 7.22. The summed E-state index contributed by atoms with van der Waals surface area (Å²) in [5.74, 6) is -0.188. The third-order valence-corrected chi connectivity index (χ3v) is 4.90. The van der Waals surface area contributed by atoms with E-state index in [0.717, 1.165) is 49.7 Å². The molecule has 0 saturated carbocycles. The summed E-state index contributed by atoms with van der Waals surface area (Å²) in [5.41, 5.74) is 0.736. The van der Waals surface area contributed by atoms with Crippen LogP contribution in [0.25, 0.3) is 10.2 Å². The maximum atomic E-state index is 13.7. The fourth-order valence-corrected chi connectivity index (χ4v) is 3.62. The summed E-state index contributed by atoms with van der Waals surface area (Å²) < 4.78 is 19.4. The highest BCUT2D eigenvalue weighted by Gasteiger charge is 2.20. The summed E-state index contributed by atoms with van der Waals surface area (Å²) >= 11 is 1.40. The third kappa shape index (κ3) is 3.51. The molecule has 1 aromatic carbocycles. The van der Waals surface area contributed by atoms with Gasteiger partial charge in [-0.05, 0) is 25.0 Å². The predicted molar refractivity (Wildman–Crippen MR) is 84.5 cm³/mol. The van der Waals surface area contributed by atoms with Crippen LogP contribution < -0.4 is 5.32 Å². The average molecular weight is 309 g/mol. The lowest BCUT2D eigenvalue weighted by Gasteiger charge is -2.31. The summed E-state index contributed by atoms with van der Waals surface area (Å²) in [7, 11) is 1.74. The van der Waals surface area contributed by atoms with Crippen molar-refractivity contribution in [1.29, 1.82) is 0 Å². The average Bonchev–Trinajstić information content (AvgIpc) is 2.91. The number of rotatable bonds is 5. The molecule has 0 unspecified atom stereocenters. The summed E-state index contributed by atoms with van der Waals surface area (Å²) in [5, 5.41) is 4.28. The van der Waals surface area contributed by atoms with Gasteiger partial charge in [-0.2, -0.15) is 0 Å². The number of nitrogens with zero attached hydrogens (tertiary/aromatic N) is 2. The van der Waals surface area contributed by atoms with Crippen LogP contribution in [0, 0.1) is 5.82 Å². The van der Waals surface area contributed by atoms with Crippen molar-refractivity contribution in [3.63, 3.8) is 0 Å². The molecule has 2 aromatic rings. The minimum absolute atomic E-state index is 0.188. The molecule has 0 amide bonds. The van der Waals surface area contributed by atoms with Crippen molar-refractivity contribution in [3.05, 3.63) is 24.0 Å². The SMILES string of the molecule is COCCN1CCC(Nc2nc3cccc(F)c3s2)CC1. The number of ether oxygens (including phenoxy) is 1. The van der Waals surface area contributed by atoms with Crippen LogP contribution in [-0.4, -0.2) is 49.3 Å². The summed E-state index contributed by atoms with van der Waals surface area (Å²) in [4.78, 5) is 6.89. The van der Waals surface area contributed by atoms with E-state index < -0.39 is 0 Å². The topological polar surface area (TPSA) is 37.4 Å². The maximum Gasteiger partial charge on any atom is 0.184 e. The second-order valence-electron chi connectivity index (χ2n) is 5.36. The largest absolute Gasteiger partial charge is 0.383 e. The first-order chi connectivity index (χ1) is 10.3. The number of fused-ring (bicyclic) bond motifs is 1. The van der Waals surface area contributed by atoms with E-state index in [2.05, 4.69) is 15.2 Å². The maximum absolute atomic E-state index is 13.7. The highest BCUT2D eigenvalue weighted by atomic mass is 32.1. The van der Waals surface area contributed by atoms with Crippen molar-refractivity contribution >= 4 is 26.7 Å². The zero-order valence-corrected chi connectivity index (χ0v) is 13.0. The Bertz CT molecular complexity index is 596. The standard InChI is InChI=1S/C15H20FN3OS/c1-20-10-9-19-7-5-11(6-8-19)17-15-18-13-4-2-3-12(16)14(13)21-15/h2-4,11H,5-10H2,1H3,(H,17,18). The quantitative estimate of drug-likeness (QED) is 0.921. The van der Waals surface area contributed by atoms with Gasteiger partial charge >= 0.3 is 0 Å². The molecule has 1 aliphatic rings. The Kier molecular flexibility index (Phi) is 4.67. The number of aromatic nitrogens is 1. The molecular formula is C15H20FN3OS. The van der Waals surface area contributed by atoms with Crippen LogP contribution >= 0.6 is 11.3 Å². The molecule has 1 aromatic heterocycles. The minimum atomic E-state index is -0.188. The zero-order valence-electron chi connectivity index (χ0n) is 12.1. The van der Waals surface area contributed by atoms with Crippen molar-refractivity contribution in [2.24, 2.45) is 0 Å². The van der Waals surface area contributed by atoms with Crippen LogP contribution in [-0.2, 0) is 4.74 Å². The highest BCUT2D eigenvalue weighted by Crippen LogP contribution is 2.29. The van der Waals surface area contributed by atoms with Crippen molar-refractivity contribution in [3.8, 4) is 0 Å². The first-order valence-corrected chi connectivity index (χ1v) is 8.11. The molecule has 4 nitrogen and oxygen atoms in total. The number of anilines is 1. The van der Waals surface area contributed by atoms with Gasteiger partial charge in [-0.25, -0.2) is 9.37 Å². The molecule has 6 heteroatoms. The van der Waals surface area contributed by atoms with E-state index >= 15 is 0 Å². The Morgan fingerprint density at radius 2 is 2.24 bits per heavy atom. The van der Waals surface area contributed by atoms with E-state index in [9.17, 15) is 4.39 Å². The molecule has 0 spiro atoms. The first-order valence-electron chi connectivity index (χ1n) is 7.29. The minimum Gasteiger partial charge on any atom is -0.383 e. The summed E-state index contributed by atoms with van der Waals surface area (Å²) in [6.45, 7) is 3.92. The summed E-state index contributed by atoms with van der Waals surface area (Å²) in [6, 6.07) is 5.47. The van der Waals surface area contributed by atoms with Gasteiger partial charge < -0.3 is 15.0 Å². The van der Waals surface area contributed by atoms with Crippen molar-refractivity contribution in [2.75, 3.05) is 38.7 Å². The number of likely N-dealkylation sites (tertiary alicyclic amines) is 1. The van der Waals surface area contributed by atoms with E-state index in [1.165, 1.54) is 17.4 Å². The number of halogens is 1. The number of nitrogens with one attached hydrogen (secondary N) is 1. The number of hydrogen-bond donors (Lipinski definition) is 1. The lowest BCUT2D eigenvalue weighted by Crippen LogP contribution is -2.40. The molecule has 21 heavy (non-hydrogen) atoms. The van der Waals surface area contributed by atoms with E-state index in [4.69, 9.17) is 4.74 Å². The van der Waals surface area contributed by atoms with Crippen LogP contribution in [0.15, 0.2) is 18.2 Å². The van der Waals surface area contributed by atoms with Gasteiger partial charge in [0.1, 0.15) is 5.82 Å². The summed E-state index contributed by atoms with van der Waals surface area (Å²) in [6.07, 6.45) is 2.17. The van der Waals surface area contributed by atoms with Crippen molar-refractivity contribution in [2.45, 2.75) is 18.9 Å². The number of benzene rings is 1. The third-order valence-electron chi connectivity index (χ3n) is 3.89. The molecule has 2 heterocycles. The molecule has 1 aliphatic heterocycles. The van der Waals surface area contributed by atoms with Crippen LogP contribution in [0.3, 0.4) is 0 Å². The van der Waals surface area contributed by atoms with Crippen LogP contribution in [0.4, 0.5) is 9.52 Å². The Morgan fingerprint density at radius 1 is 1.43 bits per heavy atom. The lowest BCUT2D eigenvalue weighted by molar-refractivity contribution is 0.132. The molecule has 0 radical (unpaired) electrons. The molecule has 0 atom stereocenters. The fraction of sp³-hybridized carbons (Fsp3) is 0.533. The van der Waals surface area contributed by atoms with E-state index in [1.807, 2.05) is 6.07 Å². The number of methoxy groups -OCH3 is 1. The number of thiazole rings is 1. The molecule has 1 saturated heterocycles. The smallest absolute Gasteiger partial charge is 0.184 e. The van der Waals surface area contributed by atoms with E-state index in [-0.39, 0.29) is 5.82 Å². The molecule has 114 valence electrons. The normalized spacial score (nSPS) is 17.4. The predicted octanol–water partition coefficient (Wildman–Crippen LogP) is 2.96. The molecule has 0 aliphatic carbocycles. The molecular weight excluding hydrogens is 289 g/mol. The molecule has 1 N–H and O–H groups in total. The van der Waals surface area contributed by atoms with Gasteiger partial charge in [0.25, 0.3) is 0 Å². The van der Waals surface area contributed by atoms with Gasteiger partial charge in [-0.3, -0.25) is 0 Å². The lowest BCUT2D eigenvalue weighted by atomic mass is 10.1. The Morgan fingerprint density at radius 3 is 2.95 bits per heavy atom. The first kappa shape index (κ1) is 14.7. The van der Waals surface area contributed by atoms with Crippen LogP contribution in [0.5, 0.6) is 0 Å². The molecule has 3 rings (SSSR count).